The molecule has 2 atom stereocenters. The molecule has 0 saturated carbocycles. The summed E-state index contributed by atoms with van der Waals surface area (Å²) in [6.07, 6.45) is 0.567. The average Bonchev–Trinajstić information content (AvgIpc) is 2.61. The van der Waals surface area contributed by atoms with Crippen LogP contribution in [0.1, 0.15) is 65.5 Å². The number of benzene rings is 2. The Labute approximate surface area is 178 Å². The van der Waals surface area contributed by atoms with Crippen molar-refractivity contribution in [1.82, 2.24) is 0 Å². The average molecular weight is 419 g/mol. The molecule has 2 aromatic rings. The summed E-state index contributed by atoms with van der Waals surface area (Å²) in [4.78, 5) is 20.7. The van der Waals surface area contributed by atoms with Crippen molar-refractivity contribution in [2.45, 2.75) is 59.7 Å². The number of aryl methyl sites for hydroxylation is 2. The minimum atomic E-state index is -0.872. The van der Waals surface area contributed by atoms with E-state index >= 15 is 0 Å². The first-order valence-corrected chi connectivity index (χ1v) is 9.88. The number of hydrogen-bond donors (Lipinski definition) is 4. The van der Waals surface area contributed by atoms with Crippen LogP contribution in [0.5, 0.6) is 0 Å². The maximum atomic E-state index is 10.4. The summed E-state index contributed by atoms with van der Waals surface area (Å²) in [6.45, 7) is 9.55. The van der Waals surface area contributed by atoms with Crippen molar-refractivity contribution in [2.75, 3.05) is 0 Å². The first kappa shape index (κ1) is 27.3. The van der Waals surface area contributed by atoms with Crippen LogP contribution in [0.15, 0.2) is 48.5 Å². The molecule has 0 fully saturated rings. The van der Waals surface area contributed by atoms with Gasteiger partial charge in [0.05, 0.1) is 23.3 Å². The van der Waals surface area contributed by atoms with E-state index in [0.29, 0.717) is 23.5 Å². The van der Waals surface area contributed by atoms with E-state index < -0.39 is 11.9 Å². The SMILES string of the molecule is CC(C)CC(O)CC(C)O.Cc1cccc(C(=O)O)c1.Cc1cccc(C(=O)O)c1. The summed E-state index contributed by atoms with van der Waals surface area (Å²) < 4.78 is 0. The van der Waals surface area contributed by atoms with Crippen molar-refractivity contribution in [3.05, 3.63) is 70.8 Å². The smallest absolute Gasteiger partial charge is 0.335 e. The zero-order chi connectivity index (χ0) is 23.3. The number of aliphatic hydroxyl groups is 2. The van der Waals surface area contributed by atoms with Crippen LogP contribution in [-0.2, 0) is 0 Å². The van der Waals surface area contributed by atoms with Crippen LogP contribution in [0.25, 0.3) is 0 Å². The van der Waals surface area contributed by atoms with Crippen LogP contribution in [-0.4, -0.2) is 44.6 Å². The molecule has 0 amide bonds. The summed E-state index contributed by atoms with van der Waals surface area (Å²) in [5, 5.41) is 35.1. The second-order valence-corrected chi connectivity index (χ2v) is 7.72. The zero-order valence-electron chi connectivity index (χ0n) is 18.4. The van der Waals surface area contributed by atoms with Crippen LogP contribution in [0.4, 0.5) is 0 Å². The fraction of sp³-hybridized carbons (Fsp3) is 0.417. The standard InChI is InChI=1S/2C8H8O2.C8H18O2/c2*1-6-3-2-4-7(5-6)8(9)10;1-6(2)4-8(10)5-7(3)9/h2*2-5H,1H3,(H,9,10);6-10H,4-5H2,1-3H3. The van der Waals surface area contributed by atoms with E-state index in [1.165, 1.54) is 0 Å². The molecule has 166 valence electrons. The Bertz CT molecular complexity index is 717. The molecule has 0 saturated heterocycles. The van der Waals surface area contributed by atoms with Crippen molar-refractivity contribution in [1.29, 1.82) is 0 Å². The monoisotopic (exact) mass is 418 g/mol. The summed E-state index contributed by atoms with van der Waals surface area (Å²) in [5.74, 6) is -1.24. The molecule has 2 aromatic carbocycles. The lowest BCUT2D eigenvalue weighted by Crippen LogP contribution is -2.16. The summed E-state index contributed by atoms with van der Waals surface area (Å²) in [7, 11) is 0. The molecule has 0 aliphatic rings. The minimum Gasteiger partial charge on any atom is -0.478 e. The molecule has 0 aromatic heterocycles. The number of carboxylic acid groups (broad SMARTS) is 2. The molecular formula is C24H34O6. The molecule has 0 spiro atoms. The fourth-order valence-corrected chi connectivity index (χ4v) is 2.59. The zero-order valence-corrected chi connectivity index (χ0v) is 18.4. The highest BCUT2D eigenvalue weighted by atomic mass is 16.4. The lowest BCUT2D eigenvalue weighted by Gasteiger charge is -2.13. The third-order valence-electron chi connectivity index (χ3n) is 3.89. The Morgan fingerprint density at radius 1 is 0.767 bits per heavy atom. The second-order valence-electron chi connectivity index (χ2n) is 7.72. The van der Waals surface area contributed by atoms with Gasteiger partial charge in [-0.05, 0) is 63.8 Å². The van der Waals surface area contributed by atoms with Gasteiger partial charge in [0.2, 0.25) is 0 Å². The molecule has 0 aliphatic heterocycles. The van der Waals surface area contributed by atoms with Gasteiger partial charge >= 0.3 is 11.9 Å². The Kier molecular flexibility index (Phi) is 13.0. The lowest BCUT2D eigenvalue weighted by atomic mass is 10.0. The number of hydrogen-bond acceptors (Lipinski definition) is 4. The summed E-state index contributed by atoms with van der Waals surface area (Å²) in [6, 6.07) is 13.6. The number of aliphatic hydroxyl groups excluding tert-OH is 2. The van der Waals surface area contributed by atoms with E-state index in [2.05, 4.69) is 13.8 Å². The molecule has 0 bridgehead atoms. The van der Waals surface area contributed by atoms with Gasteiger partial charge in [0, 0.05) is 0 Å². The highest BCUT2D eigenvalue weighted by molar-refractivity contribution is 5.88. The summed E-state index contributed by atoms with van der Waals surface area (Å²) >= 11 is 0. The highest BCUT2D eigenvalue weighted by Gasteiger charge is 2.09. The Morgan fingerprint density at radius 3 is 1.40 bits per heavy atom. The molecular weight excluding hydrogens is 384 g/mol. The largest absolute Gasteiger partial charge is 0.478 e. The third-order valence-corrected chi connectivity index (χ3v) is 3.89. The van der Waals surface area contributed by atoms with Gasteiger partial charge in [0.1, 0.15) is 0 Å². The maximum Gasteiger partial charge on any atom is 0.335 e. The predicted molar refractivity (Wildman–Crippen MR) is 118 cm³/mol. The van der Waals surface area contributed by atoms with Crippen molar-refractivity contribution >= 4 is 11.9 Å². The second kappa shape index (κ2) is 14.3. The molecule has 6 heteroatoms. The molecule has 0 heterocycles. The van der Waals surface area contributed by atoms with Crippen molar-refractivity contribution in [3.63, 3.8) is 0 Å². The Hall–Kier alpha value is -2.70. The van der Waals surface area contributed by atoms with E-state index in [1.807, 2.05) is 26.0 Å². The first-order chi connectivity index (χ1) is 13.9. The van der Waals surface area contributed by atoms with E-state index in [9.17, 15) is 14.7 Å². The van der Waals surface area contributed by atoms with Crippen LogP contribution in [0.3, 0.4) is 0 Å². The first-order valence-electron chi connectivity index (χ1n) is 9.88. The third kappa shape index (κ3) is 13.5. The highest BCUT2D eigenvalue weighted by Crippen LogP contribution is 2.09. The molecule has 30 heavy (non-hydrogen) atoms. The lowest BCUT2D eigenvalue weighted by molar-refractivity contribution is 0.0686. The van der Waals surface area contributed by atoms with Crippen LogP contribution >= 0.6 is 0 Å². The molecule has 2 rings (SSSR count). The van der Waals surface area contributed by atoms with E-state index in [0.717, 1.165) is 17.5 Å². The molecule has 0 radical (unpaired) electrons. The van der Waals surface area contributed by atoms with Crippen LogP contribution in [0, 0.1) is 19.8 Å². The molecule has 6 nitrogen and oxygen atoms in total. The Balaban J connectivity index is 0.000000420. The van der Waals surface area contributed by atoms with Gasteiger partial charge in [-0.1, -0.05) is 49.2 Å². The van der Waals surface area contributed by atoms with E-state index in [4.69, 9.17) is 15.3 Å². The van der Waals surface area contributed by atoms with Gasteiger partial charge in [-0.2, -0.15) is 0 Å². The van der Waals surface area contributed by atoms with Crippen molar-refractivity contribution < 1.29 is 30.0 Å². The number of carbonyl (C=O) groups is 2. The molecule has 2 unspecified atom stereocenters. The van der Waals surface area contributed by atoms with Gasteiger partial charge in [-0.15, -0.1) is 0 Å². The quantitative estimate of drug-likeness (QED) is 0.547. The predicted octanol–water partition coefficient (Wildman–Crippen LogP) is 4.55. The van der Waals surface area contributed by atoms with Crippen LogP contribution < -0.4 is 0 Å². The fourth-order valence-electron chi connectivity index (χ4n) is 2.59. The van der Waals surface area contributed by atoms with Crippen LogP contribution in [0.2, 0.25) is 0 Å². The van der Waals surface area contributed by atoms with E-state index in [1.54, 1.807) is 43.3 Å². The normalized spacial score (nSPS) is 12.0. The molecule has 0 aliphatic carbocycles. The minimum absolute atomic E-state index is 0.333. The van der Waals surface area contributed by atoms with Gasteiger partial charge in [-0.3, -0.25) is 0 Å². The van der Waals surface area contributed by atoms with Crippen molar-refractivity contribution in [2.24, 2.45) is 5.92 Å². The van der Waals surface area contributed by atoms with E-state index in [-0.39, 0.29) is 12.2 Å². The number of rotatable bonds is 6. The van der Waals surface area contributed by atoms with Gasteiger partial charge in [0.15, 0.2) is 0 Å². The number of carboxylic acids is 2. The molecule has 4 N–H and O–H groups in total. The Morgan fingerprint density at radius 2 is 1.17 bits per heavy atom. The topological polar surface area (TPSA) is 115 Å². The summed E-state index contributed by atoms with van der Waals surface area (Å²) in [5.41, 5.74) is 2.64. The van der Waals surface area contributed by atoms with Gasteiger partial charge < -0.3 is 20.4 Å². The van der Waals surface area contributed by atoms with Gasteiger partial charge in [0.25, 0.3) is 0 Å². The van der Waals surface area contributed by atoms with Gasteiger partial charge in [-0.25, -0.2) is 9.59 Å². The number of aromatic carboxylic acids is 2. The van der Waals surface area contributed by atoms with Crippen molar-refractivity contribution in [3.8, 4) is 0 Å². The maximum absolute atomic E-state index is 10.4.